The van der Waals surface area contributed by atoms with Gasteiger partial charge in [0.05, 0.1) is 12.6 Å². The fraction of sp³-hybridized carbons (Fsp3) is 0.625. The maximum absolute atomic E-state index is 9.70. The van der Waals surface area contributed by atoms with Gasteiger partial charge in [-0.15, -0.1) is 0 Å². The molecule has 1 aliphatic carbocycles. The maximum Gasteiger partial charge on any atom is 0.0626 e. The van der Waals surface area contributed by atoms with E-state index in [2.05, 4.69) is 5.32 Å². The zero-order valence-electron chi connectivity index (χ0n) is 11.5. The molecule has 3 nitrogen and oxygen atoms in total. The lowest BCUT2D eigenvalue weighted by Crippen LogP contribution is -2.41. The standard InChI is InChI=1S/C16H25NO2/c18-11-15(14-7-3-1-4-8-14)17-12-16(13-19)9-5-2-6-10-16/h1,3-4,7-8,15,17-19H,2,5-6,9-13H2. The molecule has 1 unspecified atom stereocenters. The van der Waals surface area contributed by atoms with Gasteiger partial charge >= 0.3 is 0 Å². The molecule has 0 aliphatic heterocycles. The van der Waals surface area contributed by atoms with Crippen molar-refractivity contribution in [2.45, 2.75) is 38.1 Å². The van der Waals surface area contributed by atoms with Crippen molar-refractivity contribution in [3.63, 3.8) is 0 Å². The Bertz CT molecular complexity index is 360. The molecule has 0 bridgehead atoms. The van der Waals surface area contributed by atoms with Crippen molar-refractivity contribution in [1.29, 1.82) is 0 Å². The van der Waals surface area contributed by atoms with Crippen LogP contribution in [0.1, 0.15) is 43.7 Å². The SMILES string of the molecule is OCC(NCC1(CO)CCCCC1)c1ccccc1. The summed E-state index contributed by atoms with van der Waals surface area (Å²) in [6.45, 7) is 1.11. The van der Waals surface area contributed by atoms with E-state index >= 15 is 0 Å². The van der Waals surface area contributed by atoms with Gasteiger partial charge in [0.1, 0.15) is 0 Å². The first-order chi connectivity index (χ1) is 9.29. The lowest BCUT2D eigenvalue weighted by molar-refractivity contribution is 0.0749. The van der Waals surface area contributed by atoms with Crippen LogP contribution in [-0.2, 0) is 0 Å². The first kappa shape index (κ1) is 14.5. The van der Waals surface area contributed by atoms with Gasteiger partial charge in [-0.25, -0.2) is 0 Å². The van der Waals surface area contributed by atoms with Gasteiger partial charge in [0.2, 0.25) is 0 Å². The second-order valence-electron chi connectivity index (χ2n) is 5.75. The number of nitrogens with one attached hydrogen (secondary N) is 1. The van der Waals surface area contributed by atoms with Crippen LogP contribution in [0, 0.1) is 5.41 Å². The van der Waals surface area contributed by atoms with Gasteiger partial charge in [-0.05, 0) is 18.4 Å². The Morgan fingerprint density at radius 3 is 2.32 bits per heavy atom. The van der Waals surface area contributed by atoms with E-state index in [-0.39, 0.29) is 24.7 Å². The third-order valence-electron chi connectivity index (χ3n) is 4.36. The van der Waals surface area contributed by atoms with Gasteiger partial charge in [0.25, 0.3) is 0 Å². The molecule has 1 atom stereocenters. The Kier molecular flexibility index (Phi) is 5.37. The minimum Gasteiger partial charge on any atom is -0.396 e. The molecular formula is C16H25NO2. The molecule has 0 saturated heterocycles. The van der Waals surface area contributed by atoms with Gasteiger partial charge in [0, 0.05) is 18.6 Å². The van der Waals surface area contributed by atoms with Crippen molar-refractivity contribution in [1.82, 2.24) is 5.32 Å². The Balaban J connectivity index is 1.95. The Labute approximate surface area is 115 Å². The summed E-state index contributed by atoms with van der Waals surface area (Å²) in [6, 6.07) is 9.98. The van der Waals surface area contributed by atoms with E-state index in [0.29, 0.717) is 0 Å². The number of rotatable bonds is 6. The topological polar surface area (TPSA) is 52.5 Å². The number of hydrogen-bond acceptors (Lipinski definition) is 3. The zero-order chi connectivity index (χ0) is 13.6. The normalized spacial score (nSPS) is 20.1. The van der Waals surface area contributed by atoms with Gasteiger partial charge in [0.15, 0.2) is 0 Å². The summed E-state index contributed by atoms with van der Waals surface area (Å²) >= 11 is 0. The largest absolute Gasteiger partial charge is 0.396 e. The Morgan fingerprint density at radius 1 is 1.05 bits per heavy atom. The molecule has 1 aromatic carbocycles. The Morgan fingerprint density at radius 2 is 1.74 bits per heavy atom. The van der Waals surface area contributed by atoms with Crippen LogP contribution in [0.25, 0.3) is 0 Å². The van der Waals surface area contributed by atoms with Crippen LogP contribution in [-0.4, -0.2) is 30.0 Å². The molecule has 0 aromatic heterocycles. The smallest absolute Gasteiger partial charge is 0.0626 e. The highest BCUT2D eigenvalue weighted by atomic mass is 16.3. The molecule has 3 heteroatoms. The van der Waals surface area contributed by atoms with Crippen molar-refractivity contribution in [3.05, 3.63) is 35.9 Å². The molecule has 2 rings (SSSR count). The quantitative estimate of drug-likeness (QED) is 0.738. The summed E-state index contributed by atoms with van der Waals surface area (Å²) in [5, 5.41) is 22.7. The summed E-state index contributed by atoms with van der Waals surface area (Å²) in [5.74, 6) is 0. The molecule has 106 valence electrons. The monoisotopic (exact) mass is 263 g/mol. The van der Waals surface area contributed by atoms with Crippen LogP contribution in [0.5, 0.6) is 0 Å². The fourth-order valence-electron chi connectivity index (χ4n) is 3.01. The molecule has 0 amide bonds. The van der Waals surface area contributed by atoms with E-state index < -0.39 is 0 Å². The molecule has 3 N–H and O–H groups in total. The number of hydrogen-bond donors (Lipinski definition) is 3. The van der Waals surface area contributed by atoms with Crippen LogP contribution in [0.3, 0.4) is 0 Å². The molecule has 1 fully saturated rings. The Hall–Kier alpha value is -0.900. The molecule has 1 aromatic rings. The number of aliphatic hydroxyl groups excluding tert-OH is 2. The average Bonchev–Trinajstić information content (AvgIpc) is 2.50. The van der Waals surface area contributed by atoms with Crippen LogP contribution in [0.2, 0.25) is 0 Å². The molecule has 0 spiro atoms. The van der Waals surface area contributed by atoms with E-state index in [4.69, 9.17) is 0 Å². The van der Waals surface area contributed by atoms with Crippen molar-refractivity contribution in [3.8, 4) is 0 Å². The summed E-state index contributed by atoms with van der Waals surface area (Å²) in [7, 11) is 0. The van der Waals surface area contributed by atoms with Crippen LogP contribution >= 0.6 is 0 Å². The summed E-state index contributed by atoms with van der Waals surface area (Å²) in [6.07, 6.45) is 5.87. The predicted molar refractivity (Wildman–Crippen MR) is 76.9 cm³/mol. The van der Waals surface area contributed by atoms with E-state index in [1.54, 1.807) is 0 Å². The third kappa shape index (κ3) is 3.78. The fourth-order valence-corrected chi connectivity index (χ4v) is 3.01. The molecule has 0 radical (unpaired) electrons. The minimum absolute atomic E-state index is 0.0143. The van der Waals surface area contributed by atoms with Crippen molar-refractivity contribution in [2.24, 2.45) is 5.41 Å². The van der Waals surface area contributed by atoms with Gasteiger partial charge in [-0.1, -0.05) is 49.6 Å². The lowest BCUT2D eigenvalue weighted by Gasteiger charge is -2.37. The van der Waals surface area contributed by atoms with E-state index in [1.807, 2.05) is 30.3 Å². The van der Waals surface area contributed by atoms with Gasteiger partial charge < -0.3 is 15.5 Å². The molecule has 19 heavy (non-hydrogen) atoms. The molecule has 1 aliphatic rings. The van der Waals surface area contributed by atoms with E-state index in [1.165, 1.54) is 19.3 Å². The van der Waals surface area contributed by atoms with Crippen molar-refractivity contribution in [2.75, 3.05) is 19.8 Å². The van der Waals surface area contributed by atoms with E-state index in [0.717, 1.165) is 24.9 Å². The van der Waals surface area contributed by atoms with Gasteiger partial charge in [-0.2, -0.15) is 0 Å². The molecular weight excluding hydrogens is 238 g/mol. The summed E-state index contributed by atoms with van der Waals surface area (Å²) in [5.41, 5.74) is 1.12. The van der Waals surface area contributed by atoms with E-state index in [9.17, 15) is 10.2 Å². The van der Waals surface area contributed by atoms with Gasteiger partial charge in [-0.3, -0.25) is 0 Å². The summed E-state index contributed by atoms with van der Waals surface area (Å²) < 4.78 is 0. The highest BCUT2D eigenvalue weighted by Gasteiger charge is 2.31. The predicted octanol–water partition coefficient (Wildman–Crippen LogP) is 2.25. The highest BCUT2D eigenvalue weighted by molar-refractivity contribution is 5.19. The highest BCUT2D eigenvalue weighted by Crippen LogP contribution is 2.35. The van der Waals surface area contributed by atoms with Crippen LogP contribution in [0.4, 0.5) is 0 Å². The molecule has 0 heterocycles. The lowest BCUT2D eigenvalue weighted by atomic mass is 9.74. The third-order valence-corrected chi connectivity index (χ3v) is 4.36. The first-order valence-electron chi connectivity index (χ1n) is 7.30. The zero-order valence-corrected chi connectivity index (χ0v) is 11.5. The number of benzene rings is 1. The minimum atomic E-state index is -0.0356. The average molecular weight is 263 g/mol. The summed E-state index contributed by atoms with van der Waals surface area (Å²) in [4.78, 5) is 0. The second-order valence-corrected chi connectivity index (χ2v) is 5.75. The van der Waals surface area contributed by atoms with Crippen molar-refractivity contribution < 1.29 is 10.2 Å². The van der Waals surface area contributed by atoms with Crippen LogP contribution in [0.15, 0.2) is 30.3 Å². The van der Waals surface area contributed by atoms with Crippen molar-refractivity contribution >= 4 is 0 Å². The van der Waals surface area contributed by atoms with Crippen LogP contribution < -0.4 is 5.32 Å². The molecule has 1 saturated carbocycles. The maximum atomic E-state index is 9.70. The second kappa shape index (κ2) is 7.04. The first-order valence-corrected chi connectivity index (χ1v) is 7.30. The number of aliphatic hydroxyl groups is 2.